The van der Waals surface area contributed by atoms with Gasteiger partial charge in [-0.05, 0) is 37.0 Å². The van der Waals surface area contributed by atoms with Crippen molar-refractivity contribution >= 4 is 17.0 Å². The number of carbonyl (C=O) groups excluding carboxylic acids is 1. The van der Waals surface area contributed by atoms with Crippen LogP contribution in [0.25, 0.3) is 11.1 Å². The number of nitrogens with zero attached hydrogens (tertiary/aromatic N) is 1. The highest BCUT2D eigenvalue weighted by Gasteiger charge is 2.15. The van der Waals surface area contributed by atoms with Crippen LogP contribution in [-0.4, -0.2) is 16.9 Å². The maximum atomic E-state index is 12.0. The number of benzene rings is 1. The Hall–Kier alpha value is -1.84. The lowest BCUT2D eigenvalue weighted by Gasteiger charge is -2.22. The van der Waals surface area contributed by atoms with Gasteiger partial charge in [-0.2, -0.15) is 0 Å². The van der Waals surface area contributed by atoms with E-state index in [0.29, 0.717) is 18.4 Å². The Labute approximate surface area is 124 Å². The predicted molar refractivity (Wildman–Crippen MR) is 82.1 cm³/mol. The highest BCUT2D eigenvalue weighted by atomic mass is 16.3. The number of hydrogen-bond donors (Lipinski definition) is 1. The van der Waals surface area contributed by atoms with Crippen LogP contribution in [0.15, 0.2) is 22.6 Å². The molecule has 112 valence electrons. The summed E-state index contributed by atoms with van der Waals surface area (Å²) in [6, 6.07) is 6.36. The summed E-state index contributed by atoms with van der Waals surface area (Å²) in [5, 5.41) is 3.16. The van der Waals surface area contributed by atoms with Crippen LogP contribution in [0.4, 0.5) is 0 Å². The van der Waals surface area contributed by atoms with Gasteiger partial charge in [-0.3, -0.25) is 4.79 Å². The molecule has 1 aromatic carbocycles. The third-order valence-electron chi connectivity index (χ3n) is 4.17. The standard InChI is InChI=1S/C17H22N2O2/c1-12-18-15-11-13(7-9-16(15)21-12)8-10-17(20)19-14-5-3-2-4-6-14/h7,9,11,14H,2-6,8,10H2,1H3,(H,19,20). The number of oxazole rings is 1. The molecule has 0 radical (unpaired) electrons. The van der Waals surface area contributed by atoms with Crippen LogP contribution in [0.3, 0.4) is 0 Å². The summed E-state index contributed by atoms with van der Waals surface area (Å²) in [5.41, 5.74) is 2.81. The van der Waals surface area contributed by atoms with Crippen LogP contribution < -0.4 is 5.32 Å². The van der Waals surface area contributed by atoms with Gasteiger partial charge in [0.15, 0.2) is 11.5 Å². The molecule has 1 N–H and O–H groups in total. The van der Waals surface area contributed by atoms with Gasteiger partial charge in [0.05, 0.1) is 0 Å². The summed E-state index contributed by atoms with van der Waals surface area (Å²) < 4.78 is 5.46. The number of carbonyl (C=O) groups is 1. The smallest absolute Gasteiger partial charge is 0.220 e. The molecular weight excluding hydrogens is 264 g/mol. The second kappa shape index (κ2) is 6.29. The quantitative estimate of drug-likeness (QED) is 0.935. The Morgan fingerprint density at radius 2 is 2.14 bits per heavy atom. The number of aryl methyl sites for hydroxylation is 2. The fourth-order valence-corrected chi connectivity index (χ4v) is 3.05. The van der Waals surface area contributed by atoms with Crippen molar-refractivity contribution in [3.05, 3.63) is 29.7 Å². The van der Waals surface area contributed by atoms with Crippen molar-refractivity contribution in [3.63, 3.8) is 0 Å². The van der Waals surface area contributed by atoms with E-state index >= 15 is 0 Å². The molecule has 1 heterocycles. The van der Waals surface area contributed by atoms with Gasteiger partial charge in [-0.1, -0.05) is 25.3 Å². The zero-order valence-electron chi connectivity index (χ0n) is 12.5. The first-order valence-corrected chi connectivity index (χ1v) is 7.86. The maximum Gasteiger partial charge on any atom is 0.220 e. The van der Waals surface area contributed by atoms with Gasteiger partial charge in [-0.25, -0.2) is 4.98 Å². The third-order valence-corrected chi connectivity index (χ3v) is 4.17. The fraction of sp³-hybridized carbons (Fsp3) is 0.529. The number of hydrogen-bond acceptors (Lipinski definition) is 3. The number of aromatic nitrogens is 1. The van der Waals surface area contributed by atoms with Crippen LogP contribution in [0.5, 0.6) is 0 Å². The Morgan fingerprint density at radius 1 is 1.33 bits per heavy atom. The lowest BCUT2D eigenvalue weighted by atomic mass is 9.95. The molecule has 1 aromatic heterocycles. The van der Waals surface area contributed by atoms with Crippen molar-refractivity contribution in [2.75, 3.05) is 0 Å². The van der Waals surface area contributed by atoms with E-state index in [1.54, 1.807) is 0 Å². The highest BCUT2D eigenvalue weighted by Crippen LogP contribution is 2.19. The maximum absolute atomic E-state index is 12.0. The Morgan fingerprint density at radius 3 is 2.95 bits per heavy atom. The van der Waals surface area contributed by atoms with Crippen LogP contribution in [0.2, 0.25) is 0 Å². The van der Waals surface area contributed by atoms with Gasteiger partial charge in [0.1, 0.15) is 5.52 Å². The largest absolute Gasteiger partial charge is 0.441 e. The van der Waals surface area contributed by atoms with Crippen molar-refractivity contribution in [1.82, 2.24) is 10.3 Å². The molecular formula is C17H22N2O2. The van der Waals surface area contributed by atoms with Crippen molar-refractivity contribution in [2.45, 2.75) is 57.9 Å². The summed E-state index contributed by atoms with van der Waals surface area (Å²) >= 11 is 0. The molecule has 4 nitrogen and oxygen atoms in total. The van der Waals surface area contributed by atoms with Crippen molar-refractivity contribution < 1.29 is 9.21 Å². The number of fused-ring (bicyclic) bond motifs is 1. The Bertz CT molecular complexity index is 627. The van der Waals surface area contributed by atoms with Gasteiger partial charge in [0.25, 0.3) is 0 Å². The van der Waals surface area contributed by atoms with E-state index in [0.717, 1.165) is 35.9 Å². The molecule has 1 saturated carbocycles. The molecule has 1 aliphatic carbocycles. The average molecular weight is 286 g/mol. The third kappa shape index (κ3) is 3.63. The summed E-state index contributed by atoms with van der Waals surface area (Å²) in [6.07, 6.45) is 7.36. The highest BCUT2D eigenvalue weighted by molar-refractivity contribution is 5.77. The molecule has 0 bridgehead atoms. The summed E-state index contributed by atoms with van der Waals surface area (Å²) in [4.78, 5) is 16.3. The van der Waals surface area contributed by atoms with Gasteiger partial charge >= 0.3 is 0 Å². The monoisotopic (exact) mass is 286 g/mol. The first kappa shape index (κ1) is 14.1. The van der Waals surface area contributed by atoms with Crippen LogP contribution in [0, 0.1) is 6.92 Å². The molecule has 0 aliphatic heterocycles. The van der Waals surface area contributed by atoms with Gasteiger partial charge < -0.3 is 9.73 Å². The van der Waals surface area contributed by atoms with Gasteiger partial charge in [-0.15, -0.1) is 0 Å². The van der Waals surface area contributed by atoms with Crippen molar-refractivity contribution in [3.8, 4) is 0 Å². The van der Waals surface area contributed by atoms with E-state index in [-0.39, 0.29) is 5.91 Å². The molecule has 1 fully saturated rings. The second-order valence-electron chi connectivity index (χ2n) is 5.94. The zero-order chi connectivity index (χ0) is 14.7. The molecule has 1 amide bonds. The number of rotatable bonds is 4. The zero-order valence-corrected chi connectivity index (χ0v) is 12.5. The molecule has 0 unspecified atom stereocenters. The van der Waals surface area contributed by atoms with E-state index in [9.17, 15) is 4.79 Å². The van der Waals surface area contributed by atoms with Crippen molar-refractivity contribution in [2.24, 2.45) is 0 Å². The number of amides is 1. The normalized spacial score (nSPS) is 16.2. The molecule has 0 spiro atoms. The average Bonchev–Trinajstić information content (AvgIpc) is 2.85. The molecule has 0 atom stereocenters. The van der Waals surface area contributed by atoms with Crippen molar-refractivity contribution in [1.29, 1.82) is 0 Å². The molecule has 3 rings (SSSR count). The fourth-order valence-electron chi connectivity index (χ4n) is 3.05. The lowest BCUT2D eigenvalue weighted by Crippen LogP contribution is -2.36. The van der Waals surface area contributed by atoms with Crippen LogP contribution >= 0.6 is 0 Å². The van der Waals surface area contributed by atoms with E-state index in [1.165, 1.54) is 19.3 Å². The summed E-state index contributed by atoms with van der Waals surface area (Å²) in [5.74, 6) is 0.843. The minimum absolute atomic E-state index is 0.165. The minimum atomic E-state index is 0.165. The molecule has 21 heavy (non-hydrogen) atoms. The first-order chi connectivity index (χ1) is 10.2. The SMILES string of the molecule is Cc1nc2cc(CCC(=O)NC3CCCCC3)ccc2o1. The summed E-state index contributed by atoms with van der Waals surface area (Å²) in [6.45, 7) is 1.84. The summed E-state index contributed by atoms with van der Waals surface area (Å²) in [7, 11) is 0. The van der Waals surface area contributed by atoms with Gasteiger partial charge in [0.2, 0.25) is 5.91 Å². The van der Waals surface area contributed by atoms with E-state index in [4.69, 9.17) is 4.42 Å². The van der Waals surface area contributed by atoms with Gasteiger partial charge in [0, 0.05) is 19.4 Å². The topological polar surface area (TPSA) is 55.1 Å². The molecule has 0 saturated heterocycles. The first-order valence-electron chi connectivity index (χ1n) is 7.86. The lowest BCUT2D eigenvalue weighted by molar-refractivity contribution is -0.121. The number of nitrogens with one attached hydrogen (secondary N) is 1. The van der Waals surface area contributed by atoms with Crippen LogP contribution in [0.1, 0.15) is 50.0 Å². The van der Waals surface area contributed by atoms with E-state index < -0.39 is 0 Å². The Balaban J connectivity index is 1.54. The second-order valence-corrected chi connectivity index (χ2v) is 5.94. The minimum Gasteiger partial charge on any atom is -0.441 e. The Kier molecular flexibility index (Phi) is 4.23. The van der Waals surface area contributed by atoms with E-state index in [1.807, 2.05) is 25.1 Å². The molecule has 2 aromatic rings. The van der Waals surface area contributed by atoms with E-state index in [2.05, 4.69) is 10.3 Å². The molecule has 1 aliphatic rings. The predicted octanol–water partition coefficient (Wildman–Crippen LogP) is 3.52. The van der Waals surface area contributed by atoms with Crippen LogP contribution in [-0.2, 0) is 11.2 Å². The molecule has 4 heteroatoms.